The van der Waals surface area contributed by atoms with Crippen LogP contribution in [0, 0.1) is 0 Å². The zero-order valence-corrected chi connectivity index (χ0v) is 13.7. The number of rotatable bonds is 4. The maximum absolute atomic E-state index is 12.5. The molecule has 1 amide bonds. The van der Waals surface area contributed by atoms with Crippen LogP contribution in [0.25, 0.3) is 0 Å². The summed E-state index contributed by atoms with van der Waals surface area (Å²) < 4.78 is 26.4. The fraction of sp³-hybridized carbons (Fsp3) is 0.429. The number of halogens is 1. The summed E-state index contributed by atoms with van der Waals surface area (Å²) in [5, 5.41) is 0. The maximum atomic E-state index is 12.5. The number of benzene rings is 1. The molecule has 0 saturated carbocycles. The Labute approximate surface area is 134 Å². The van der Waals surface area contributed by atoms with Crippen LogP contribution in [0.5, 0.6) is 0 Å². The molecule has 1 aromatic carbocycles. The first-order valence-corrected chi connectivity index (χ1v) is 8.78. The topological polar surface area (TPSA) is 74.8 Å². The minimum Gasteiger partial charge on any atom is -0.339 e. The normalized spacial score (nSPS) is 16.5. The number of hydrogen-bond donors (Lipinski definition) is 0. The van der Waals surface area contributed by atoms with Gasteiger partial charge in [0.15, 0.2) is 5.78 Å². The highest BCUT2D eigenvalue weighted by Gasteiger charge is 2.29. The minimum absolute atomic E-state index is 0.0980. The fourth-order valence-corrected chi connectivity index (χ4v) is 3.86. The van der Waals surface area contributed by atoms with Gasteiger partial charge in [0.1, 0.15) is 5.88 Å². The highest BCUT2D eigenvalue weighted by atomic mass is 35.5. The molecule has 0 radical (unpaired) electrons. The number of amides is 1. The van der Waals surface area contributed by atoms with Crippen molar-refractivity contribution in [3.8, 4) is 0 Å². The van der Waals surface area contributed by atoms with Gasteiger partial charge in [-0.2, -0.15) is 4.31 Å². The molecule has 0 atom stereocenters. The average molecular weight is 345 g/mol. The lowest BCUT2D eigenvalue weighted by atomic mass is 10.2. The first-order chi connectivity index (χ1) is 10.4. The van der Waals surface area contributed by atoms with E-state index >= 15 is 0 Å². The summed E-state index contributed by atoms with van der Waals surface area (Å²) in [4.78, 5) is 24.4. The molecule has 22 heavy (non-hydrogen) atoms. The summed E-state index contributed by atoms with van der Waals surface area (Å²) in [6.07, 6.45) is 0. The van der Waals surface area contributed by atoms with Crippen molar-refractivity contribution >= 4 is 33.3 Å². The van der Waals surface area contributed by atoms with Crippen molar-refractivity contribution in [1.29, 1.82) is 0 Å². The number of sulfonamides is 1. The molecule has 1 heterocycles. The van der Waals surface area contributed by atoms with E-state index in [9.17, 15) is 18.0 Å². The third-order valence-corrected chi connectivity index (χ3v) is 5.75. The van der Waals surface area contributed by atoms with Gasteiger partial charge in [0.2, 0.25) is 15.9 Å². The van der Waals surface area contributed by atoms with Crippen LogP contribution in [0.3, 0.4) is 0 Å². The Morgan fingerprint density at radius 1 is 1.09 bits per heavy atom. The van der Waals surface area contributed by atoms with Crippen molar-refractivity contribution in [3.63, 3.8) is 0 Å². The monoisotopic (exact) mass is 344 g/mol. The van der Waals surface area contributed by atoms with E-state index in [1.165, 1.54) is 35.5 Å². The molecule has 1 saturated heterocycles. The van der Waals surface area contributed by atoms with Gasteiger partial charge in [-0.05, 0) is 19.1 Å². The summed E-state index contributed by atoms with van der Waals surface area (Å²) in [6.45, 7) is 2.56. The second kappa shape index (κ2) is 6.76. The van der Waals surface area contributed by atoms with Gasteiger partial charge in [-0.1, -0.05) is 12.1 Å². The summed E-state index contributed by atoms with van der Waals surface area (Å²) in [6, 6.07) is 5.87. The van der Waals surface area contributed by atoms with Crippen LogP contribution in [-0.4, -0.2) is 61.4 Å². The van der Waals surface area contributed by atoms with Crippen molar-refractivity contribution in [1.82, 2.24) is 9.21 Å². The Morgan fingerprint density at radius 3 is 2.09 bits per heavy atom. The van der Waals surface area contributed by atoms with Gasteiger partial charge in [-0.15, -0.1) is 11.6 Å². The smallest absolute Gasteiger partial charge is 0.243 e. The van der Waals surface area contributed by atoms with Gasteiger partial charge in [0, 0.05) is 31.7 Å². The van der Waals surface area contributed by atoms with E-state index in [0.717, 1.165) is 0 Å². The molecule has 0 bridgehead atoms. The number of hydrogen-bond acceptors (Lipinski definition) is 4. The second-order valence-corrected chi connectivity index (χ2v) is 7.20. The molecule has 0 aromatic heterocycles. The first kappa shape index (κ1) is 16.9. The molecule has 0 aliphatic carbocycles. The Bertz CT molecular complexity index is 665. The zero-order chi connectivity index (χ0) is 16.3. The van der Waals surface area contributed by atoms with E-state index in [0.29, 0.717) is 18.7 Å². The molecule has 6 nitrogen and oxygen atoms in total. The van der Waals surface area contributed by atoms with Crippen molar-refractivity contribution in [2.24, 2.45) is 0 Å². The lowest BCUT2D eigenvalue weighted by Gasteiger charge is -2.33. The van der Waals surface area contributed by atoms with E-state index in [-0.39, 0.29) is 35.6 Å². The average Bonchev–Trinajstić information content (AvgIpc) is 2.54. The van der Waals surface area contributed by atoms with Gasteiger partial charge in [0.25, 0.3) is 0 Å². The summed E-state index contributed by atoms with van der Waals surface area (Å²) in [5.41, 5.74) is 0.469. The fourth-order valence-electron chi connectivity index (χ4n) is 2.27. The molecule has 0 N–H and O–H groups in total. The predicted molar refractivity (Wildman–Crippen MR) is 82.5 cm³/mol. The van der Waals surface area contributed by atoms with Gasteiger partial charge in [0.05, 0.1) is 4.90 Å². The number of Topliss-reactive ketones (excluding diaryl/α,β-unsaturated/α-hetero) is 1. The molecule has 1 fully saturated rings. The molecule has 0 spiro atoms. The molecule has 0 unspecified atom stereocenters. The quantitative estimate of drug-likeness (QED) is 0.602. The highest BCUT2D eigenvalue weighted by Crippen LogP contribution is 2.18. The standard InChI is InChI=1S/C14H17ClN2O4S/c1-11(18)12-2-4-13(5-3-12)22(20,21)17-8-6-16(7-9-17)14(19)10-15/h2-5H,6-10H2,1H3. The molecule has 1 aromatic rings. The highest BCUT2D eigenvalue weighted by molar-refractivity contribution is 7.89. The largest absolute Gasteiger partial charge is 0.339 e. The minimum atomic E-state index is -3.61. The Hall–Kier alpha value is -1.44. The van der Waals surface area contributed by atoms with E-state index in [2.05, 4.69) is 0 Å². The van der Waals surface area contributed by atoms with E-state index in [4.69, 9.17) is 11.6 Å². The van der Waals surface area contributed by atoms with Gasteiger partial charge >= 0.3 is 0 Å². The molecule has 120 valence electrons. The van der Waals surface area contributed by atoms with E-state index < -0.39 is 10.0 Å². The lowest BCUT2D eigenvalue weighted by Crippen LogP contribution is -2.50. The van der Waals surface area contributed by atoms with Crippen LogP contribution in [0.15, 0.2) is 29.2 Å². The van der Waals surface area contributed by atoms with Crippen molar-refractivity contribution in [3.05, 3.63) is 29.8 Å². The van der Waals surface area contributed by atoms with E-state index in [1.807, 2.05) is 0 Å². The maximum Gasteiger partial charge on any atom is 0.243 e. The van der Waals surface area contributed by atoms with Crippen molar-refractivity contribution in [2.45, 2.75) is 11.8 Å². The zero-order valence-electron chi connectivity index (χ0n) is 12.2. The van der Waals surface area contributed by atoms with Crippen LogP contribution in [0.2, 0.25) is 0 Å². The Balaban J connectivity index is 2.11. The number of carbonyl (C=O) groups excluding carboxylic acids is 2. The van der Waals surface area contributed by atoms with Crippen molar-refractivity contribution < 1.29 is 18.0 Å². The second-order valence-electron chi connectivity index (χ2n) is 5.00. The third kappa shape index (κ3) is 3.48. The number of ketones is 1. The third-order valence-electron chi connectivity index (χ3n) is 3.60. The molecular formula is C14H17ClN2O4S. The van der Waals surface area contributed by atoms with Crippen LogP contribution in [0.1, 0.15) is 17.3 Å². The van der Waals surface area contributed by atoms with Crippen molar-refractivity contribution in [2.75, 3.05) is 32.1 Å². The van der Waals surface area contributed by atoms with Crippen LogP contribution >= 0.6 is 11.6 Å². The van der Waals surface area contributed by atoms with Gasteiger partial charge in [-0.3, -0.25) is 9.59 Å². The summed E-state index contributed by atoms with van der Waals surface area (Å²) >= 11 is 5.50. The van der Waals surface area contributed by atoms with Crippen LogP contribution in [-0.2, 0) is 14.8 Å². The SMILES string of the molecule is CC(=O)c1ccc(S(=O)(=O)N2CCN(C(=O)CCl)CC2)cc1. The Kier molecular flexibility index (Phi) is 5.20. The molecule has 8 heteroatoms. The van der Waals surface area contributed by atoms with E-state index in [1.54, 1.807) is 4.90 Å². The summed E-state index contributed by atoms with van der Waals surface area (Å²) in [7, 11) is -3.61. The predicted octanol–water partition coefficient (Wildman–Crippen LogP) is 0.961. The van der Waals surface area contributed by atoms with Crippen LogP contribution < -0.4 is 0 Å². The summed E-state index contributed by atoms with van der Waals surface area (Å²) in [5.74, 6) is -0.402. The molecule has 2 rings (SSSR count). The van der Waals surface area contributed by atoms with Gasteiger partial charge < -0.3 is 4.90 Å². The lowest BCUT2D eigenvalue weighted by molar-refractivity contribution is -0.129. The number of piperazine rings is 1. The Morgan fingerprint density at radius 2 is 1.64 bits per heavy atom. The number of alkyl halides is 1. The number of carbonyl (C=O) groups is 2. The van der Waals surface area contributed by atoms with Gasteiger partial charge in [-0.25, -0.2) is 8.42 Å². The molecular weight excluding hydrogens is 328 g/mol. The molecule has 1 aliphatic rings. The molecule has 1 aliphatic heterocycles. The van der Waals surface area contributed by atoms with Crippen LogP contribution in [0.4, 0.5) is 0 Å². The first-order valence-electron chi connectivity index (χ1n) is 6.81. The number of nitrogens with zero attached hydrogens (tertiary/aromatic N) is 2.